The zero-order valence-electron chi connectivity index (χ0n) is 11.8. The van der Waals surface area contributed by atoms with Crippen molar-refractivity contribution in [3.05, 3.63) is 35.6 Å². The molecule has 0 amide bonds. The SMILES string of the molecule is CC(N)C(c1ccccc1F)N(CCC#N)C(C)C. The summed E-state index contributed by atoms with van der Waals surface area (Å²) in [4.78, 5) is 2.09. The molecule has 2 unspecified atom stereocenters. The fourth-order valence-corrected chi connectivity index (χ4v) is 2.38. The van der Waals surface area contributed by atoms with Gasteiger partial charge in [0.1, 0.15) is 5.82 Å². The number of nitrogens with two attached hydrogens (primary N) is 1. The average Bonchev–Trinajstić information content (AvgIpc) is 2.35. The number of halogens is 1. The molecule has 0 radical (unpaired) electrons. The molecule has 0 aliphatic heterocycles. The molecule has 0 aliphatic carbocycles. The Labute approximate surface area is 114 Å². The lowest BCUT2D eigenvalue weighted by molar-refractivity contribution is 0.136. The van der Waals surface area contributed by atoms with Gasteiger partial charge in [-0.05, 0) is 26.8 Å². The highest BCUT2D eigenvalue weighted by Gasteiger charge is 2.27. The lowest BCUT2D eigenvalue weighted by atomic mass is 9.97. The first-order chi connectivity index (χ1) is 8.99. The smallest absolute Gasteiger partial charge is 0.128 e. The van der Waals surface area contributed by atoms with Crippen LogP contribution in [-0.2, 0) is 0 Å². The van der Waals surface area contributed by atoms with Gasteiger partial charge < -0.3 is 5.73 Å². The third-order valence-corrected chi connectivity index (χ3v) is 3.22. The van der Waals surface area contributed by atoms with Gasteiger partial charge in [0.2, 0.25) is 0 Å². The van der Waals surface area contributed by atoms with Crippen molar-refractivity contribution < 1.29 is 4.39 Å². The summed E-state index contributed by atoms with van der Waals surface area (Å²) in [6.45, 7) is 6.54. The third kappa shape index (κ3) is 4.02. The van der Waals surface area contributed by atoms with Gasteiger partial charge in [-0.2, -0.15) is 5.26 Å². The maximum absolute atomic E-state index is 14.0. The van der Waals surface area contributed by atoms with Crippen LogP contribution in [0.4, 0.5) is 4.39 Å². The first-order valence-electron chi connectivity index (χ1n) is 6.61. The Morgan fingerprint density at radius 2 is 1.95 bits per heavy atom. The molecular formula is C15H22FN3. The number of benzene rings is 1. The fourth-order valence-electron chi connectivity index (χ4n) is 2.38. The number of hydrogen-bond donors (Lipinski definition) is 1. The van der Waals surface area contributed by atoms with Crippen LogP contribution in [-0.4, -0.2) is 23.5 Å². The zero-order chi connectivity index (χ0) is 14.4. The lowest BCUT2D eigenvalue weighted by Gasteiger charge is -2.37. The Morgan fingerprint density at radius 3 is 2.42 bits per heavy atom. The van der Waals surface area contributed by atoms with Gasteiger partial charge in [0.15, 0.2) is 0 Å². The topological polar surface area (TPSA) is 53.0 Å². The summed E-state index contributed by atoms with van der Waals surface area (Å²) in [5, 5.41) is 8.76. The molecule has 0 aliphatic rings. The van der Waals surface area contributed by atoms with E-state index in [9.17, 15) is 4.39 Å². The van der Waals surface area contributed by atoms with Crippen LogP contribution in [0.25, 0.3) is 0 Å². The summed E-state index contributed by atoms with van der Waals surface area (Å²) in [6, 6.07) is 8.62. The second-order valence-corrected chi connectivity index (χ2v) is 5.07. The van der Waals surface area contributed by atoms with Gasteiger partial charge in [-0.15, -0.1) is 0 Å². The van der Waals surface area contributed by atoms with Crippen LogP contribution in [0.2, 0.25) is 0 Å². The monoisotopic (exact) mass is 263 g/mol. The van der Waals surface area contributed by atoms with Crippen molar-refractivity contribution in [3.8, 4) is 6.07 Å². The molecule has 4 heteroatoms. The summed E-state index contributed by atoms with van der Waals surface area (Å²) in [7, 11) is 0. The van der Waals surface area contributed by atoms with Gasteiger partial charge >= 0.3 is 0 Å². The van der Waals surface area contributed by atoms with Crippen LogP contribution in [0, 0.1) is 17.1 Å². The van der Waals surface area contributed by atoms with E-state index in [1.165, 1.54) is 6.07 Å². The molecule has 104 valence electrons. The Hall–Kier alpha value is -1.44. The van der Waals surface area contributed by atoms with Gasteiger partial charge in [0.05, 0.1) is 12.1 Å². The highest BCUT2D eigenvalue weighted by atomic mass is 19.1. The standard InChI is InChI=1S/C15H22FN3/c1-11(2)19(10-6-9-17)15(12(3)18)13-7-4-5-8-14(13)16/h4-5,7-8,11-12,15H,6,10,18H2,1-3H3. The van der Waals surface area contributed by atoms with E-state index >= 15 is 0 Å². The summed E-state index contributed by atoms with van der Waals surface area (Å²) < 4.78 is 14.0. The summed E-state index contributed by atoms with van der Waals surface area (Å²) in [5.41, 5.74) is 6.66. The predicted octanol–water partition coefficient (Wildman–Crippen LogP) is 2.84. The van der Waals surface area contributed by atoms with Crippen molar-refractivity contribution in [2.75, 3.05) is 6.54 Å². The van der Waals surface area contributed by atoms with Crippen LogP contribution >= 0.6 is 0 Å². The second kappa shape index (κ2) is 7.22. The summed E-state index contributed by atoms with van der Waals surface area (Å²) >= 11 is 0. The molecule has 1 aromatic carbocycles. The molecule has 0 spiro atoms. The molecule has 0 heterocycles. The van der Waals surface area contributed by atoms with Crippen LogP contribution in [0.1, 0.15) is 38.8 Å². The molecule has 1 rings (SSSR count). The minimum atomic E-state index is -0.243. The summed E-state index contributed by atoms with van der Waals surface area (Å²) in [6.07, 6.45) is 0.413. The van der Waals surface area contributed by atoms with Gasteiger partial charge in [-0.25, -0.2) is 4.39 Å². The van der Waals surface area contributed by atoms with Gasteiger partial charge in [-0.3, -0.25) is 4.90 Å². The van der Waals surface area contributed by atoms with E-state index in [1.54, 1.807) is 12.1 Å². The summed E-state index contributed by atoms with van der Waals surface area (Å²) in [5.74, 6) is -0.243. The molecule has 3 nitrogen and oxygen atoms in total. The molecule has 0 bridgehead atoms. The first kappa shape index (κ1) is 15.6. The molecule has 0 fully saturated rings. The van der Waals surface area contributed by atoms with E-state index in [1.807, 2.05) is 26.8 Å². The van der Waals surface area contributed by atoms with Crippen LogP contribution in [0.3, 0.4) is 0 Å². The van der Waals surface area contributed by atoms with Crippen LogP contribution < -0.4 is 5.73 Å². The highest BCUT2D eigenvalue weighted by molar-refractivity contribution is 5.23. The number of hydrogen-bond acceptors (Lipinski definition) is 3. The van der Waals surface area contributed by atoms with E-state index in [0.29, 0.717) is 18.5 Å². The van der Waals surface area contributed by atoms with Gasteiger partial charge in [0.25, 0.3) is 0 Å². The van der Waals surface area contributed by atoms with Gasteiger partial charge in [-0.1, -0.05) is 18.2 Å². The maximum atomic E-state index is 14.0. The number of nitriles is 1. The number of rotatable bonds is 6. The Kier molecular flexibility index (Phi) is 5.94. The third-order valence-electron chi connectivity index (χ3n) is 3.22. The van der Waals surface area contributed by atoms with Crippen molar-refractivity contribution in [2.24, 2.45) is 5.73 Å². The average molecular weight is 263 g/mol. The Bertz CT molecular complexity index is 437. The largest absolute Gasteiger partial charge is 0.326 e. The van der Waals surface area contributed by atoms with E-state index in [0.717, 1.165) is 0 Å². The molecule has 0 saturated carbocycles. The molecule has 2 atom stereocenters. The van der Waals surface area contributed by atoms with Crippen molar-refractivity contribution in [2.45, 2.75) is 45.3 Å². The van der Waals surface area contributed by atoms with Crippen molar-refractivity contribution in [1.29, 1.82) is 5.26 Å². The second-order valence-electron chi connectivity index (χ2n) is 5.07. The Balaban J connectivity index is 3.11. The lowest BCUT2D eigenvalue weighted by Crippen LogP contribution is -2.44. The Morgan fingerprint density at radius 1 is 1.32 bits per heavy atom. The van der Waals surface area contributed by atoms with E-state index in [2.05, 4.69) is 11.0 Å². The first-order valence-corrected chi connectivity index (χ1v) is 6.61. The number of nitrogens with zero attached hydrogens (tertiary/aromatic N) is 2. The van der Waals surface area contributed by atoms with E-state index < -0.39 is 0 Å². The minimum absolute atomic E-state index is 0.198. The van der Waals surface area contributed by atoms with Crippen molar-refractivity contribution >= 4 is 0 Å². The molecule has 2 N–H and O–H groups in total. The molecule has 0 aromatic heterocycles. The van der Waals surface area contributed by atoms with Crippen LogP contribution in [0.15, 0.2) is 24.3 Å². The van der Waals surface area contributed by atoms with E-state index in [4.69, 9.17) is 11.0 Å². The van der Waals surface area contributed by atoms with Gasteiger partial charge in [0, 0.05) is 30.6 Å². The van der Waals surface area contributed by atoms with Crippen molar-refractivity contribution in [1.82, 2.24) is 4.90 Å². The molecule has 0 saturated heterocycles. The fraction of sp³-hybridized carbons (Fsp3) is 0.533. The normalized spacial score (nSPS) is 14.4. The van der Waals surface area contributed by atoms with E-state index in [-0.39, 0.29) is 23.9 Å². The molecule has 19 heavy (non-hydrogen) atoms. The molecule has 1 aromatic rings. The van der Waals surface area contributed by atoms with Crippen LogP contribution in [0.5, 0.6) is 0 Å². The highest BCUT2D eigenvalue weighted by Crippen LogP contribution is 2.27. The quantitative estimate of drug-likeness (QED) is 0.858. The maximum Gasteiger partial charge on any atom is 0.128 e. The minimum Gasteiger partial charge on any atom is -0.326 e. The predicted molar refractivity (Wildman–Crippen MR) is 74.9 cm³/mol. The zero-order valence-corrected chi connectivity index (χ0v) is 11.8. The molecular weight excluding hydrogens is 241 g/mol. The van der Waals surface area contributed by atoms with Crippen molar-refractivity contribution in [3.63, 3.8) is 0 Å².